The Labute approximate surface area is 136 Å². The van der Waals surface area contributed by atoms with Crippen LogP contribution in [0.1, 0.15) is 45.4 Å². The molecule has 3 heteroatoms. The van der Waals surface area contributed by atoms with Crippen molar-refractivity contribution in [3.05, 3.63) is 0 Å². The molecule has 0 N–H and O–H groups in total. The summed E-state index contributed by atoms with van der Waals surface area (Å²) in [5, 5.41) is 0. The average molecular weight is 306 g/mol. The highest BCUT2D eigenvalue weighted by Crippen LogP contribution is 2.60. The molecule has 126 valence electrons. The van der Waals surface area contributed by atoms with Gasteiger partial charge >= 0.3 is 0 Å². The quantitative estimate of drug-likeness (QED) is 0.702. The average Bonchev–Trinajstić information content (AvgIpc) is 2.47. The Morgan fingerprint density at radius 3 is 1.95 bits per heavy atom. The summed E-state index contributed by atoms with van der Waals surface area (Å²) in [5.41, 5.74) is 0.724. The maximum absolute atomic E-state index is 5.50. The number of nitrogens with zero attached hydrogens (tertiary/aromatic N) is 2. The molecule has 1 heterocycles. The Bertz CT molecular complexity index is 340. The first kappa shape index (κ1) is 15.4. The summed E-state index contributed by atoms with van der Waals surface area (Å²) in [6, 6.07) is 0. The lowest BCUT2D eigenvalue weighted by molar-refractivity contribution is -0.0740. The second kappa shape index (κ2) is 6.41. The number of rotatable bonds is 6. The molecule has 0 amide bonds. The molecule has 1 aliphatic heterocycles. The minimum absolute atomic E-state index is 0.724. The van der Waals surface area contributed by atoms with E-state index in [0.717, 1.165) is 42.9 Å². The van der Waals surface area contributed by atoms with Crippen LogP contribution in [0.25, 0.3) is 0 Å². The summed E-state index contributed by atoms with van der Waals surface area (Å²) >= 11 is 0. The van der Waals surface area contributed by atoms with E-state index in [1.165, 1.54) is 32.7 Å². The highest BCUT2D eigenvalue weighted by Gasteiger charge is 2.51. The standard InChI is InChI=1S/C19H34N2O/c1-2-22-8-7-20-3-5-21(6-4-20)15-19-12-16-9-17(13-19)11-18(10-16)14-19/h16-18H,2-15H2,1H3. The van der Waals surface area contributed by atoms with Crippen molar-refractivity contribution in [1.82, 2.24) is 9.80 Å². The van der Waals surface area contributed by atoms with E-state index in [1.807, 2.05) is 0 Å². The van der Waals surface area contributed by atoms with E-state index in [9.17, 15) is 0 Å². The van der Waals surface area contributed by atoms with Crippen LogP contribution in [0.3, 0.4) is 0 Å². The normalized spacial score (nSPS) is 42.1. The van der Waals surface area contributed by atoms with Gasteiger partial charge in [0.25, 0.3) is 0 Å². The smallest absolute Gasteiger partial charge is 0.0593 e. The lowest BCUT2D eigenvalue weighted by Gasteiger charge is -2.58. The largest absolute Gasteiger partial charge is 0.380 e. The van der Waals surface area contributed by atoms with Crippen LogP contribution in [0, 0.1) is 23.2 Å². The first-order valence-corrected chi connectivity index (χ1v) is 9.77. The molecule has 5 aliphatic rings. The van der Waals surface area contributed by atoms with Crippen LogP contribution in [0.5, 0.6) is 0 Å². The number of piperazine rings is 1. The van der Waals surface area contributed by atoms with E-state index in [4.69, 9.17) is 4.74 Å². The van der Waals surface area contributed by atoms with E-state index >= 15 is 0 Å². The van der Waals surface area contributed by atoms with Crippen LogP contribution in [0.4, 0.5) is 0 Å². The minimum atomic E-state index is 0.724. The van der Waals surface area contributed by atoms with Crippen LogP contribution in [-0.2, 0) is 4.74 Å². The van der Waals surface area contributed by atoms with Gasteiger partial charge in [0, 0.05) is 45.9 Å². The minimum Gasteiger partial charge on any atom is -0.380 e. The zero-order valence-corrected chi connectivity index (χ0v) is 14.4. The molecule has 4 bridgehead atoms. The third-order valence-electron chi connectivity index (χ3n) is 6.94. The highest BCUT2D eigenvalue weighted by atomic mass is 16.5. The van der Waals surface area contributed by atoms with Gasteiger partial charge in [0.05, 0.1) is 6.61 Å². The number of ether oxygens (including phenoxy) is 1. The second-order valence-electron chi connectivity index (χ2n) is 8.73. The van der Waals surface area contributed by atoms with Crippen LogP contribution >= 0.6 is 0 Å². The van der Waals surface area contributed by atoms with Crippen LogP contribution in [0.15, 0.2) is 0 Å². The summed E-state index contributed by atoms with van der Waals surface area (Å²) in [6.45, 7) is 11.5. The van der Waals surface area contributed by atoms with Gasteiger partial charge in [0.15, 0.2) is 0 Å². The third-order valence-corrected chi connectivity index (χ3v) is 6.94. The molecule has 4 aliphatic carbocycles. The van der Waals surface area contributed by atoms with Gasteiger partial charge in [0.2, 0.25) is 0 Å². The van der Waals surface area contributed by atoms with Crippen LogP contribution in [0.2, 0.25) is 0 Å². The molecule has 5 fully saturated rings. The molecule has 4 saturated carbocycles. The second-order valence-corrected chi connectivity index (χ2v) is 8.73. The fraction of sp³-hybridized carbons (Fsp3) is 1.00. The van der Waals surface area contributed by atoms with E-state index in [0.29, 0.717) is 0 Å². The number of hydrogen-bond donors (Lipinski definition) is 0. The van der Waals surface area contributed by atoms with E-state index in [2.05, 4.69) is 16.7 Å². The Morgan fingerprint density at radius 1 is 0.864 bits per heavy atom. The summed E-state index contributed by atoms with van der Waals surface area (Å²) in [5.74, 6) is 3.29. The maximum atomic E-state index is 5.50. The zero-order chi connectivity index (χ0) is 15.0. The van der Waals surface area contributed by atoms with Crippen molar-refractivity contribution >= 4 is 0 Å². The van der Waals surface area contributed by atoms with Crippen molar-refractivity contribution in [3.8, 4) is 0 Å². The zero-order valence-electron chi connectivity index (χ0n) is 14.4. The molecule has 0 spiro atoms. The van der Waals surface area contributed by atoms with Gasteiger partial charge in [0.1, 0.15) is 0 Å². The Kier molecular flexibility index (Phi) is 4.49. The third kappa shape index (κ3) is 3.22. The predicted molar refractivity (Wildman–Crippen MR) is 90.0 cm³/mol. The number of hydrogen-bond acceptors (Lipinski definition) is 3. The van der Waals surface area contributed by atoms with Crippen molar-refractivity contribution in [2.24, 2.45) is 23.2 Å². The van der Waals surface area contributed by atoms with Crippen molar-refractivity contribution in [3.63, 3.8) is 0 Å². The Morgan fingerprint density at radius 2 is 1.41 bits per heavy atom. The first-order chi connectivity index (χ1) is 10.7. The fourth-order valence-electron chi connectivity index (χ4n) is 6.47. The van der Waals surface area contributed by atoms with Crippen molar-refractivity contribution in [2.75, 3.05) is 52.5 Å². The monoisotopic (exact) mass is 306 g/mol. The molecule has 0 unspecified atom stereocenters. The molecule has 5 rings (SSSR count). The van der Waals surface area contributed by atoms with Crippen molar-refractivity contribution < 1.29 is 4.74 Å². The Hall–Kier alpha value is -0.120. The topological polar surface area (TPSA) is 15.7 Å². The summed E-state index contributed by atoms with van der Waals surface area (Å²) in [7, 11) is 0. The maximum Gasteiger partial charge on any atom is 0.0593 e. The van der Waals surface area contributed by atoms with Crippen LogP contribution in [-0.4, -0.2) is 62.3 Å². The van der Waals surface area contributed by atoms with Gasteiger partial charge in [-0.3, -0.25) is 4.90 Å². The lowest BCUT2D eigenvalue weighted by Crippen LogP contribution is -2.55. The lowest BCUT2D eigenvalue weighted by atomic mass is 9.49. The molecular weight excluding hydrogens is 272 g/mol. The fourth-order valence-corrected chi connectivity index (χ4v) is 6.47. The van der Waals surface area contributed by atoms with Gasteiger partial charge < -0.3 is 9.64 Å². The van der Waals surface area contributed by atoms with E-state index in [1.54, 1.807) is 38.5 Å². The van der Waals surface area contributed by atoms with Gasteiger partial charge in [-0.05, 0) is 68.6 Å². The van der Waals surface area contributed by atoms with Crippen molar-refractivity contribution in [2.45, 2.75) is 45.4 Å². The first-order valence-electron chi connectivity index (χ1n) is 9.77. The summed E-state index contributed by atoms with van der Waals surface area (Å²) < 4.78 is 5.50. The molecule has 0 radical (unpaired) electrons. The molecule has 1 saturated heterocycles. The van der Waals surface area contributed by atoms with Gasteiger partial charge in [-0.2, -0.15) is 0 Å². The molecular formula is C19H34N2O. The SMILES string of the molecule is CCOCCN1CCN(CC23CC4CC(CC(C4)C2)C3)CC1. The molecule has 0 atom stereocenters. The Balaban J connectivity index is 1.26. The van der Waals surface area contributed by atoms with Crippen LogP contribution < -0.4 is 0 Å². The predicted octanol–water partition coefficient (Wildman–Crippen LogP) is 2.86. The van der Waals surface area contributed by atoms with E-state index in [-0.39, 0.29) is 0 Å². The molecule has 0 aromatic rings. The molecule has 0 aromatic heterocycles. The molecule has 3 nitrogen and oxygen atoms in total. The summed E-state index contributed by atoms with van der Waals surface area (Å²) in [6.07, 6.45) is 9.40. The van der Waals surface area contributed by atoms with Gasteiger partial charge in [-0.25, -0.2) is 0 Å². The van der Waals surface area contributed by atoms with Crippen molar-refractivity contribution in [1.29, 1.82) is 0 Å². The van der Waals surface area contributed by atoms with Gasteiger partial charge in [-0.1, -0.05) is 0 Å². The van der Waals surface area contributed by atoms with Gasteiger partial charge in [-0.15, -0.1) is 0 Å². The van der Waals surface area contributed by atoms with E-state index < -0.39 is 0 Å². The summed E-state index contributed by atoms with van der Waals surface area (Å²) in [4.78, 5) is 5.39. The molecule has 0 aromatic carbocycles. The molecule has 22 heavy (non-hydrogen) atoms. The highest BCUT2D eigenvalue weighted by molar-refractivity contribution is 5.02.